The summed E-state index contributed by atoms with van der Waals surface area (Å²) in [6, 6.07) is 0. The van der Waals surface area contributed by atoms with Crippen molar-refractivity contribution in [1.29, 1.82) is 0 Å². The maximum Gasteiger partial charge on any atom is 3.00 e. The third-order valence-corrected chi connectivity index (χ3v) is 15.1. The van der Waals surface area contributed by atoms with E-state index in [-0.39, 0.29) is 290 Å². The summed E-state index contributed by atoms with van der Waals surface area (Å²) in [5.74, 6) is -23.3. The van der Waals surface area contributed by atoms with Crippen molar-refractivity contribution in [3.63, 3.8) is 0 Å². The summed E-state index contributed by atoms with van der Waals surface area (Å²) < 4.78 is 0. The Kier molecular flexibility index (Phi) is 105. The Labute approximate surface area is 847 Å². The third kappa shape index (κ3) is 111. The number of carboxylic acid groups (broad SMARTS) is 15. The van der Waals surface area contributed by atoms with Gasteiger partial charge in [0.15, 0.2) is 0 Å². The van der Waals surface area contributed by atoms with Gasteiger partial charge >= 0.3 is 200 Å². The molecule has 0 saturated carbocycles. The molecule has 5 radical (unpaired) electrons. The number of carbonyl (C=O) groups is 17. The number of rotatable bonds is 70. The van der Waals surface area contributed by atoms with Crippen LogP contribution in [0.4, 0.5) is 0 Å². The van der Waals surface area contributed by atoms with Gasteiger partial charge in [-0.05, 0) is 51.4 Å². The number of allylic oxidation sites excluding steroid dienone is 4. The minimum atomic E-state index is -1.54. The Morgan fingerprint density at radius 2 is 0.314 bits per heavy atom. The van der Waals surface area contributed by atoms with Gasteiger partial charge in [-0.25, -0.2) is 0 Å². The van der Waals surface area contributed by atoms with E-state index in [2.05, 4.69) is 38.2 Å². The molecule has 0 heterocycles. The number of carbonyl (C=O) groups excluding carboxylic acids is 17. The predicted octanol–water partition coefficient (Wildman–Crippen LogP) is -20.2. The van der Waals surface area contributed by atoms with Crippen LogP contribution in [-0.4, -0.2) is 322 Å². The molecular formula is C70H108Gd5N11O32. The molecule has 0 unspecified atom stereocenters. The van der Waals surface area contributed by atoms with Crippen LogP contribution >= 0.6 is 0 Å². The quantitative estimate of drug-likeness (QED) is 0.0422. The van der Waals surface area contributed by atoms with Crippen LogP contribution in [0.25, 0.3) is 0 Å². The number of nitrogens with two attached hydrogens (primary N) is 2. The molecule has 2 amide bonds. The van der Waals surface area contributed by atoms with Crippen LogP contribution in [-0.2, 0) is 81.5 Å². The molecule has 0 aliphatic heterocycles. The maximum absolute atomic E-state index is 10.8. The number of amides is 2. The molecule has 0 aliphatic carbocycles. The standard InChI is InChI=1S/3C14H23N3O10.2C14H27NO.5Gd/c3*18-10(19)5-15(1-3-16(6-11(20)21)7-12(22)23)2-4-17(8-13(24)25)9-14(26)27;2*1-2-3-4-5-6-7-8-9-10-11-12-13-14(15)16;;;;;/h3*1-9H2,(H,18,19)(H,20,21)(H,22,23)(H,24,25)(H,26,27);2*5-6H,2-4,7-13H2,1H3,(H2,15,16);;;;;/q;;;;;5*+3/p-15/b;;;2*6-5-;;;;;. The first kappa shape index (κ1) is 135. The summed E-state index contributed by atoms with van der Waals surface area (Å²) in [6.45, 7) is -8.04. The first-order valence-electron chi connectivity index (χ1n) is 36.4. The molecule has 0 atom stereocenters. The van der Waals surface area contributed by atoms with Crippen LogP contribution in [0.15, 0.2) is 24.3 Å². The van der Waals surface area contributed by atoms with Gasteiger partial charge in [-0.3, -0.25) is 53.7 Å². The molecule has 0 bridgehead atoms. The van der Waals surface area contributed by atoms with E-state index >= 15 is 0 Å². The molecule has 4 N–H and O–H groups in total. The van der Waals surface area contributed by atoms with Gasteiger partial charge < -0.3 is 160 Å². The van der Waals surface area contributed by atoms with Gasteiger partial charge in [0.05, 0.1) is 89.5 Å². The molecule has 0 aromatic heterocycles. The first-order chi connectivity index (χ1) is 53.0. The van der Waals surface area contributed by atoms with Gasteiger partial charge in [0.2, 0.25) is 11.8 Å². The van der Waals surface area contributed by atoms with Gasteiger partial charge in [-0.1, -0.05) is 102 Å². The van der Waals surface area contributed by atoms with Crippen LogP contribution in [0.5, 0.6) is 0 Å². The minimum absolute atomic E-state index is 0. The second kappa shape index (κ2) is 91.4. The Morgan fingerprint density at radius 3 is 0.449 bits per heavy atom. The topological polar surface area (TPSA) is 717 Å². The van der Waals surface area contributed by atoms with Gasteiger partial charge in [0.1, 0.15) is 0 Å². The normalized spacial score (nSPS) is 10.6. The zero-order chi connectivity index (χ0) is 87.1. The molecule has 675 valence electrons. The molecule has 0 aromatic rings. The number of nitrogens with zero attached hydrogens (tertiary/aromatic N) is 9. The van der Waals surface area contributed by atoms with E-state index in [0.717, 1.165) is 55.1 Å². The van der Waals surface area contributed by atoms with Gasteiger partial charge in [-0.15, -0.1) is 0 Å². The summed E-state index contributed by atoms with van der Waals surface area (Å²) >= 11 is 0. The molecule has 0 spiro atoms. The van der Waals surface area contributed by atoms with E-state index in [1.54, 1.807) is 0 Å². The molecule has 0 fully saturated rings. The van der Waals surface area contributed by atoms with Crippen molar-refractivity contribution in [3.05, 3.63) is 24.3 Å². The van der Waals surface area contributed by atoms with E-state index in [9.17, 15) is 158 Å². The van der Waals surface area contributed by atoms with Crippen molar-refractivity contribution >= 4 is 101 Å². The smallest absolute Gasteiger partial charge is 0.549 e. The monoisotopic (exact) mass is 2400 g/mol. The average Bonchev–Trinajstić information content (AvgIpc) is 0.928. The Hall–Kier alpha value is -3.27. The number of hydrogen-bond acceptors (Lipinski definition) is 41. The predicted molar refractivity (Wildman–Crippen MR) is 363 cm³/mol. The van der Waals surface area contributed by atoms with Crippen LogP contribution in [0.1, 0.15) is 142 Å². The van der Waals surface area contributed by atoms with Crippen LogP contribution < -0.4 is 88.1 Å². The Bertz CT molecular complexity index is 2420. The fourth-order valence-electron chi connectivity index (χ4n) is 9.83. The first-order valence-corrected chi connectivity index (χ1v) is 36.4. The molecule has 0 aliphatic rings. The summed E-state index contributed by atoms with van der Waals surface area (Å²) in [5, 5.41) is 160. The number of primary amides is 2. The van der Waals surface area contributed by atoms with E-state index < -0.39 is 188 Å². The average molecular weight is 2400 g/mol. The van der Waals surface area contributed by atoms with E-state index in [0.29, 0.717) is 12.8 Å². The zero-order valence-electron chi connectivity index (χ0n) is 66.1. The van der Waals surface area contributed by atoms with Crippen molar-refractivity contribution in [2.45, 2.75) is 142 Å². The summed E-state index contributed by atoms with van der Waals surface area (Å²) in [6.07, 6.45) is 32.1. The molecule has 48 heteroatoms. The molecule has 0 rings (SSSR count). The van der Waals surface area contributed by atoms with E-state index in [1.807, 2.05) is 0 Å². The number of hydrogen-bond donors (Lipinski definition) is 2. The fourth-order valence-corrected chi connectivity index (χ4v) is 9.83. The second-order valence-electron chi connectivity index (χ2n) is 25.4. The summed E-state index contributed by atoms with van der Waals surface area (Å²) in [4.78, 5) is 190. The minimum Gasteiger partial charge on any atom is -0.549 e. The third-order valence-electron chi connectivity index (χ3n) is 15.1. The SMILES string of the molecule is CCCC/C=C\CCCCCCCC(N)=O.CCCC/C=C\CCCCCCCC(N)=O.O=C([O-])CN(CCN(CC(=O)[O-])CC(=O)[O-])CCN(CC(=O)[O-])CC(=O)[O-].O=C([O-])CN(CCN(CC(=O)[O-])CC(=O)[O-])CCN(CC(=O)[O-])CC(=O)[O-].O=C([O-])CN(CCN(CC(=O)[O-])CC(=O)[O-])CCN(CC(=O)[O-])CC(=O)[O-].[Gd+3].[Gd+3].[Gd+3].[Gd+3].[Gd+3]. The number of unbranched alkanes of at least 4 members (excludes halogenated alkanes) is 14. The van der Waals surface area contributed by atoms with Gasteiger partial charge in [0, 0.05) is 190 Å². The fraction of sp³-hybridized carbons (Fsp3) is 0.700. The molecule has 43 nitrogen and oxygen atoms in total. The van der Waals surface area contributed by atoms with Crippen LogP contribution in [0.3, 0.4) is 0 Å². The number of aliphatic carboxylic acids is 15. The summed E-state index contributed by atoms with van der Waals surface area (Å²) in [7, 11) is 0. The van der Waals surface area contributed by atoms with Crippen molar-refractivity contribution in [2.24, 2.45) is 11.5 Å². The number of carboxylic acids is 15. The zero-order valence-corrected chi connectivity index (χ0v) is 77.4. The molecule has 0 saturated heterocycles. The maximum atomic E-state index is 10.8. The van der Waals surface area contributed by atoms with Gasteiger partial charge in [-0.2, -0.15) is 0 Å². The second-order valence-corrected chi connectivity index (χ2v) is 25.4. The summed E-state index contributed by atoms with van der Waals surface area (Å²) in [5.41, 5.74) is 10.1. The molecular weight excluding hydrogens is 2290 g/mol. The largest absolute Gasteiger partial charge is 3.00 e. The van der Waals surface area contributed by atoms with Crippen molar-refractivity contribution < 1.29 is 358 Å². The van der Waals surface area contributed by atoms with Gasteiger partial charge in [0.25, 0.3) is 0 Å². The Morgan fingerprint density at radius 1 is 0.195 bits per heavy atom. The molecule has 0 aromatic carbocycles. The molecule has 118 heavy (non-hydrogen) atoms. The Balaban J connectivity index is -0.000000155. The van der Waals surface area contributed by atoms with Crippen LogP contribution in [0.2, 0.25) is 0 Å². The van der Waals surface area contributed by atoms with Crippen molar-refractivity contribution in [2.75, 3.05) is 177 Å². The van der Waals surface area contributed by atoms with Crippen LogP contribution in [0, 0.1) is 200 Å². The van der Waals surface area contributed by atoms with Crippen molar-refractivity contribution in [3.8, 4) is 0 Å². The van der Waals surface area contributed by atoms with Crippen molar-refractivity contribution in [1.82, 2.24) is 44.1 Å². The van der Waals surface area contributed by atoms with E-state index in [1.165, 1.54) is 105 Å². The van der Waals surface area contributed by atoms with E-state index in [4.69, 9.17) is 11.5 Å².